The van der Waals surface area contributed by atoms with Crippen LogP contribution in [0.15, 0.2) is 47.6 Å². The van der Waals surface area contributed by atoms with Gasteiger partial charge in [-0.25, -0.2) is 14.7 Å². The van der Waals surface area contributed by atoms with E-state index < -0.39 is 10.0 Å². The van der Waals surface area contributed by atoms with Gasteiger partial charge < -0.3 is 0 Å². The summed E-state index contributed by atoms with van der Waals surface area (Å²) in [6.45, 7) is 0. The van der Waals surface area contributed by atoms with Gasteiger partial charge in [-0.05, 0) is 47.9 Å². The monoisotopic (exact) mass is 220 g/mol. The molecule has 0 aliphatic carbocycles. The molecule has 0 saturated heterocycles. The molecule has 0 N–H and O–H groups in total. The topological polar surface area (TPSA) is 17.8 Å². The Morgan fingerprint density at radius 3 is 2.53 bits per heavy atom. The highest BCUT2D eigenvalue weighted by Crippen LogP contribution is 2.45. The Labute approximate surface area is 92.2 Å². The van der Waals surface area contributed by atoms with Crippen LogP contribution in [0.2, 0.25) is 0 Å². The molecule has 0 radical (unpaired) electrons. The van der Waals surface area contributed by atoms with Crippen molar-refractivity contribution in [1.82, 2.24) is 9.78 Å². The van der Waals surface area contributed by atoms with Gasteiger partial charge in [0.1, 0.15) is 0 Å². The second-order valence-corrected chi connectivity index (χ2v) is 8.43. The smallest absolute Gasteiger partial charge is 0.0656 e. The molecule has 0 atom stereocenters. The highest BCUT2D eigenvalue weighted by Gasteiger charge is 2.08. The molecule has 2 nitrogen and oxygen atoms in total. The molecular weight excluding hydrogens is 204 g/mol. The third-order valence-electron chi connectivity index (χ3n) is 2.29. The minimum atomic E-state index is -0.658. The first kappa shape index (κ1) is 10.3. The summed E-state index contributed by atoms with van der Waals surface area (Å²) < 4.78 is 1.90. The lowest BCUT2D eigenvalue weighted by atomic mass is 10.3. The number of nitrogens with zero attached hydrogens (tertiary/aromatic N) is 2. The summed E-state index contributed by atoms with van der Waals surface area (Å²) in [6.07, 6.45) is 10.7. The van der Waals surface area contributed by atoms with Crippen LogP contribution in [0.4, 0.5) is 0 Å². The molecule has 3 heteroatoms. The Morgan fingerprint density at radius 2 is 1.93 bits per heavy atom. The van der Waals surface area contributed by atoms with E-state index in [0.717, 1.165) is 5.69 Å². The SMILES string of the molecule is CS(C)(C)c1cccc(-n2cccn2)c1. The van der Waals surface area contributed by atoms with E-state index >= 15 is 0 Å². The predicted molar refractivity (Wildman–Crippen MR) is 67.2 cm³/mol. The average Bonchev–Trinajstić information content (AvgIpc) is 2.69. The molecule has 1 aromatic carbocycles. The first-order valence-electron chi connectivity index (χ1n) is 4.86. The Morgan fingerprint density at radius 1 is 1.13 bits per heavy atom. The van der Waals surface area contributed by atoms with Crippen molar-refractivity contribution in [2.45, 2.75) is 4.90 Å². The maximum atomic E-state index is 4.24. The highest BCUT2D eigenvalue weighted by molar-refractivity contribution is 8.32. The van der Waals surface area contributed by atoms with Gasteiger partial charge in [-0.3, -0.25) is 0 Å². The molecule has 0 aliphatic heterocycles. The van der Waals surface area contributed by atoms with Crippen molar-refractivity contribution in [3.63, 3.8) is 0 Å². The van der Waals surface area contributed by atoms with E-state index in [1.165, 1.54) is 4.90 Å². The maximum absolute atomic E-state index is 4.24. The zero-order valence-corrected chi connectivity index (χ0v) is 10.2. The summed E-state index contributed by atoms with van der Waals surface area (Å²) in [7, 11) is -0.658. The van der Waals surface area contributed by atoms with Crippen molar-refractivity contribution in [2.24, 2.45) is 0 Å². The first-order valence-corrected chi connectivity index (χ1v) is 7.71. The van der Waals surface area contributed by atoms with Gasteiger partial charge >= 0.3 is 0 Å². The fourth-order valence-corrected chi connectivity index (χ4v) is 2.39. The Bertz CT molecular complexity index is 441. The standard InChI is InChI=1S/C12H16N2S/c1-15(2,3)12-7-4-6-11(10-12)14-9-5-8-13-14/h4-10H,1-3H3. The number of hydrogen-bond acceptors (Lipinski definition) is 1. The van der Waals surface area contributed by atoms with E-state index in [2.05, 4.69) is 48.1 Å². The van der Waals surface area contributed by atoms with Crippen LogP contribution in [0.3, 0.4) is 0 Å². The van der Waals surface area contributed by atoms with E-state index in [0.29, 0.717) is 0 Å². The zero-order valence-electron chi connectivity index (χ0n) is 9.34. The number of rotatable bonds is 2. The van der Waals surface area contributed by atoms with Crippen molar-refractivity contribution in [1.29, 1.82) is 0 Å². The van der Waals surface area contributed by atoms with Gasteiger partial charge in [0.05, 0.1) is 5.69 Å². The largest absolute Gasteiger partial charge is 0.241 e. The van der Waals surface area contributed by atoms with E-state index in [9.17, 15) is 0 Å². The van der Waals surface area contributed by atoms with E-state index in [1.54, 1.807) is 6.20 Å². The van der Waals surface area contributed by atoms with Gasteiger partial charge in [-0.15, -0.1) is 0 Å². The van der Waals surface area contributed by atoms with Crippen LogP contribution < -0.4 is 0 Å². The number of hydrogen-bond donors (Lipinski definition) is 0. The van der Waals surface area contributed by atoms with Crippen LogP contribution in [-0.4, -0.2) is 28.5 Å². The molecule has 0 fully saturated rings. The number of aromatic nitrogens is 2. The molecule has 0 bridgehead atoms. The van der Waals surface area contributed by atoms with Gasteiger partial charge in [0.15, 0.2) is 0 Å². The Balaban J connectivity index is 2.44. The quantitative estimate of drug-likeness (QED) is 0.761. The lowest BCUT2D eigenvalue weighted by molar-refractivity contribution is 0.877. The Hall–Kier alpha value is -1.22. The average molecular weight is 220 g/mol. The Kier molecular flexibility index (Phi) is 2.57. The normalized spacial score (nSPS) is 12.7. The first-order chi connectivity index (χ1) is 7.07. The van der Waals surface area contributed by atoms with Crippen molar-refractivity contribution in [2.75, 3.05) is 18.8 Å². The summed E-state index contributed by atoms with van der Waals surface area (Å²) in [6, 6.07) is 10.5. The molecule has 0 aliphatic rings. The molecule has 1 aromatic heterocycles. The van der Waals surface area contributed by atoms with Crippen LogP contribution in [-0.2, 0) is 0 Å². The number of benzene rings is 1. The van der Waals surface area contributed by atoms with Crippen molar-refractivity contribution in [3.05, 3.63) is 42.7 Å². The molecule has 80 valence electrons. The lowest BCUT2D eigenvalue weighted by Crippen LogP contribution is -1.97. The van der Waals surface area contributed by atoms with Gasteiger partial charge in [0.2, 0.25) is 0 Å². The second kappa shape index (κ2) is 3.74. The van der Waals surface area contributed by atoms with E-state index in [4.69, 9.17) is 0 Å². The van der Waals surface area contributed by atoms with Gasteiger partial charge in [0.25, 0.3) is 0 Å². The molecular formula is C12H16N2S. The van der Waals surface area contributed by atoms with Gasteiger partial charge in [-0.2, -0.15) is 5.10 Å². The third-order valence-corrected chi connectivity index (χ3v) is 3.96. The van der Waals surface area contributed by atoms with Gasteiger partial charge in [0, 0.05) is 12.4 Å². The van der Waals surface area contributed by atoms with Crippen LogP contribution in [0, 0.1) is 0 Å². The summed E-state index contributed by atoms with van der Waals surface area (Å²) >= 11 is 0. The molecule has 0 spiro atoms. The van der Waals surface area contributed by atoms with Crippen molar-refractivity contribution >= 4 is 10.0 Å². The van der Waals surface area contributed by atoms with Crippen LogP contribution >= 0.6 is 10.0 Å². The van der Waals surface area contributed by atoms with Crippen LogP contribution in [0.5, 0.6) is 0 Å². The molecule has 0 amide bonds. The summed E-state index contributed by atoms with van der Waals surface area (Å²) in [4.78, 5) is 1.41. The fourth-order valence-electron chi connectivity index (χ4n) is 1.43. The lowest BCUT2D eigenvalue weighted by Gasteiger charge is -2.26. The molecule has 1 heterocycles. The second-order valence-electron chi connectivity index (χ2n) is 4.29. The summed E-state index contributed by atoms with van der Waals surface area (Å²) in [5, 5.41) is 4.24. The molecule has 2 aromatic rings. The van der Waals surface area contributed by atoms with Gasteiger partial charge in [-0.1, -0.05) is 6.07 Å². The minimum Gasteiger partial charge on any atom is -0.241 e. The minimum absolute atomic E-state index is 0.658. The molecule has 0 unspecified atom stereocenters. The third kappa shape index (κ3) is 2.23. The summed E-state index contributed by atoms with van der Waals surface area (Å²) in [5.41, 5.74) is 1.14. The zero-order chi connectivity index (χ0) is 10.9. The summed E-state index contributed by atoms with van der Waals surface area (Å²) in [5.74, 6) is 0. The highest BCUT2D eigenvalue weighted by atomic mass is 32.3. The van der Waals surface area contributed by atoms with Crippen molar-refractivity contribution in [3.8, 4) is 5.69 Å². The van der Waals surface area contributed by atoms with E-state index in [-0.39, 0.29) is 0 Å². The van der Waals surface area contributed by atoms with Crippen LogP contribution in [0.25, 0.3) is 5.69 Å². The fraction of sp³-hybridized carbons (Fsp3) is 0.250. The molecule has 15 heavy (non-hydrogen) atoms. The molecule has 2 rings (SSSR count). The van der Waals surface area contributed by atoms with Crippen LogP contribution in [0.1, 0.15) is 0 Å². The predicted octanol–water partition coefficient (Wildman–Crippen LogP) is 2.93. The maximum Gasteiger partial charge on any atom is 0.0656 e. The van der Waals surface area contributed by atoms with E-state index in [1.807, 2.05) is 16.9 Å². The molecule has 0 saturated carbocycles. The van der Waals surface area contributed by atoms with Crippen molar-refractivity contribution < 1.29 is 0 Å².